The molecule has 2 heterocycles. The molecule has 122 valence electrons. The van der Waals surface area contributed by atoms with Crippen molar-refractivity contribution in [1.82, 2.24) is 9.55 Å². The minimum absolute atomic E-state index is 0.0974. The highest BCUT2D eigenvalue weighted by atomic mass is 19.1. The minimum Gasteiger partial charge on any atom is -0.396 e. The van der Waals surface area contributed by atoms with Gasteiger partial charge in [0.15, 0.2) is 0 Å². The highest BCUT2D eigenvalue weighted by Crippen LogP contribution is 2.25. The molecule has 7 heteroatoms. The first-order valence-corrected chi connectivity index (χ1v) is 7.56. The van der Waals surface area contributed by atoms with Gasteiger partial charge in [0.1, 0.15) is 5.82 Å². The molecule has 6 nitrogen and oxygen atoms in total. The van der Waals surface area contributed by atoms with E-state index in [0.29, 0.717) is 5.92 Å². The maximum Gasteiger partial charge on any atom is 0.333 e. The van der Waals surface area contributed by atoms with Crippen molar-refractivity contribution in [1.29, 1.82) is 0 Å². The van der Waals surface area contributed by atoms with Crippen LogP contribution in [0.4, 0.5) is 10.1 Å². The molecule has 3 rings (SSSR count). The van der Waals surface area contributed by atoms with E-state index in [1.54, 1.807) is 6.07 Å². The molecule has 1 aliphatic heterocycles. The van der Waals surface area contributed by atoms with Gasteiger partial charge >= 0.3 is 5.69 Å². The molecule has 0 aliphatic carbocycles. The molecule has 0 atom stereocenters. The quantitative estimate of drug-likeness (QED) is 0.880. The molecule has 1 fully saturated rings. The van der Waals surface area contributed by atoms with Gasteiger partial charge in [0.2, 0.25) is 0 Å². The van der Waals surface area contributed by atoms with Crippen LogP contribution in [-0.2, 0) is 0 Å². The predicted octanol–water partition coefficient (Wildman–Crippen LogP) is 0.874. The van der Waals surface area contributed by atoms with Crippen LogP contribution in [0.5, 0.6) is 0 Å². The predicted molar refractivity (Wildman–Crippen MR) is 84.6 cm³/mol. The Morgan fingerprint density at radius 3 is 2.57 bits per heavy atom. The lowest BCUT2D eigenvalue weighted by Gasteiger charge is -2.33. The van der Waals surface area contributed by atoms with Gasteiger partial charge in [0, 0.05) is 37.6 Å². The third-order valence-electron chi connectivity index (χ3n) is 4.25. The van der Waals surface area contributed by atoms with Crippen LogP contribution in [0.15, 0.2) is 40.1 Å². The summed E-state index contributed by atoms with van der Waals surface area (Å²) in [6.07, 6.45) is 3.00. The van der Waals surface area contributed by atoms with E-state index < -0.39 is 17.1 Å². The Kier molecular flexibility index (Phi) is 4.29. The number of benzene rings is 1. The molecule has 2 aromatic rings. The average Bonchev–Trinajstić information content (AvgIpc) is 2.55. The summed E-state index contributed by atoms with van der Waals surface area (Å²) in [4.78, 5) is 27.0. The third-order valence-corrected chi connectivity index (χ3v) is 4.25. The molecule has 0 unspecified atom stereocenters. The molecule has 1 aromatic heterocycles. The zero-order chi connectivity index (χ0) is 16.4. The number of rotatable bonds is 3. The monoisotopic (exact) mass is 319 g/mol. The zero-order valence-electron chi connectivity index (χ0n) is 12.5. The number of aliphatic hydroxyl groups excluding tert-OH is 1. The van der Waals surface area contributed by atoms with Gasteiger partial charge in [-0.2, -0.15) is 0 Å². The highest BCUT2D eigenvalue weighted by molar-refractivity contribution is 5.52. The molecule has 1 saturated heterocycles. The first-order chi connectivity index (χ1) is 11.1. The molecule has 23 heavy (non-hydrogen) atoms. The average molecular weight is 319 g/mol. The van der Waals surface area contributed by atoms with Gasteiger partial charge in [-0.05, 0) is 37.0 Å². The molecule has 0 bridgehead atoms. The van der Waals surface area contributed by atoms with Crippen LogP contribution < -0.4 is 16.1 Å². The first-order valence-electron chi connectivity index (χ1n) is 7.56. The lowest BCUT2D eigenvalue weighted by molar-refractivity contribution is 0.203. The Bertz CT molecular complexity index is 807. The fourth-order valence-corrected chi connectivity index (χ4v) is 2.87. The summed E-state index contributed by atoms with van der Waals surface area (Å²) in [6.45, 7) is 1.72. The van der Waals surface area contributed by atoms with E-state index in [4.69, 9.17) is 5.11 Å². The van der Waals surface area contributed by atoms with Crippen molar-refractivity contribution in [3.05, 3.63) is 57.1 Å². The van der Waals surface area contributed by atoms with E-state index in [1.165, 1.54) is 24.4 Å². The number of aromatic amines is 1. The van der Waals surface area contributed by atoms with Crippen LogP contribution in [0.25, 0.3) is 5.69 Å². The number of hydrogen-bond donors (Lipinski definition) is 2. The number of nitrogens with zero attached hydrogens (tertiary/aromatic N) is 2. The van der Waals surface area contributed by atoms with Gasteiger partial charge in [-0.15, -0.1) is 0 Å². The summed E-state index contributed by atoms with van der Waals surface area (Å²) in [5.41, 5.74) is -0.344. The van der Waals surface area contributed by atoms with Crippen LogP contribution in [0.2, 0.25) is 0 Å². The summed E-state index contributed by atoms with van der Waals surface area (Å²) < 4.78 is 15.5. The van der Waals surface area contributed by atoms with E-state index in [-0.39, 0.29) is 12.3 Å². The van der Waals surface area contributed by atoms with Crippen molar-refractivity contribution in [3.63, 3.8) is 0 Å². The van der Waals surface area contributed by atoms with Crippen molar-refractivity contribution >= 4 is 5.69 Å². The van der Waals surface area contributed by atoms with Crippen molar-refractivity contribution in [3.8, 4) is 5.69 Å². The number of anilines is 1. The maximum atomic E-state index is 14.4. The first kappa shape index (κ1) is 15.5. The van der Waals surface area contributed by atoms with E-state index >= 15 is 0 Å². The summed E-state index contributed by atoms with van der Waals surface area (Å²) in [5.74, 6) is -0.212. The highest BCUT2D eigenvalue weighted by Gasteiger charge is 2.19. The summed E-state index contributed by atoms with van der Waals surface area (Å²) in [5, 5.41) is 9.16. The molecular formula is C16H18FN3O3. The van der Waals surface area contributed by atoms with Crippen LogP contribution in [-0.4, -0.2) is 34.4 Å². The molecule has 1 aromatic carbocycles. The van der Waals surface area contributed by atoms with Crippen LogP contribution in [0, 0.1) is 11.7 Å². The van der Waals surface area contributed by atoms with E-state index in [0.717, 1.165) is 36.2 Å². The fourth-order valence-electron chi connectivity index (χ4n) is 2.87. The Labute approximate surface area is 131 Å². The smallest absolute Gasteiger partial charge is 0.333 e. The number of piperidine rings is 1. The number of H-pyrrole nitrogens is 1. The largest absolute Gasteiger partial charge is 0.396 e. The second kappa shape index (κ2) is 6.37. The number of halogens is 1. The van der Waals surface area contributed by atoms with Crippen molar-refractivity contribution in [2.45, 2.75) is 12.8 Å². The Morgan fingerprint density at radius 1 is 1.22 bits per heavy atom. The minimum atomic E-state index is -0.673. The van der Waals surface area contributed by atoms with E-state index in [9.17, 15) is 14.0 Å². The van der Waals surface area contributed by atoms with E-state index in [1.807, 2.05) is 0 Å². The SMILES string of the molecule is O=c1ccn(-c2ccc(N3CCC(CO)CC3)cc2F)c(=O)[nH]1. The molecule has 0 amide bonds. The second-order valence-electron chi connectivity index (χ2n) is 5.73. The molecule has 2 N–H and O–H groups in total. The topological polar surface area (TPSA) is 78.3 Å². The summed E-state index contributed by atoms with van der Waals surface area (Å²) in [7, 11) is 0. The van der Waals surface area contributed by atoms with Crippen LogP contribution in [0.3, 0.4) is 0 Å². The van der Waals surface area contributed by atoms with Crippen molar-refractivity contribution < 1.29 is 9.50 Å². The van der Waals surface area contributed by atoms with Gasteiger partial charge in [-0.1, -0.05) is 0 Å². The zero-order valence-corrected chi connectivity index (χ0v) is 12.5. The standard InChI is InChI=1S/C16H18FN3O3/c17-13-9-12(19-6-3-11(10-21)4-7-19)1-2-14(13)20-8-5-15(22)18-16(20)23/h1-2,5,8-9,11,21H,3-4,6-7,10H2,(H,18,22,23). The molecule has 0 spiro atoms. The number of aromatic nitrogens is 2. The fraction of sp³-hybridized carbons (Fsp3) is 0.375. The Morgan fingerprint density at radius 2 is 1.96 bits per heavy atom. The third kappa shape index (κ3) is 3.19. The molecular weight excluding hydrogens is 301 g/mol. The number of hydrogen-bond acceptors (Lipinski definition) is 4. The molecule has 1 aliphatic rings. The Balaban J connectivity index is 1.86. The lowest BCUT2D eigenvalue weighted by Crippen LogP contribution is -2.34. The van der Waals surface area contributed by atoms with Gasteiger partial charge in [-0.25, -0.2) is 9.18 Å². The summed E-state index contributed by atoms with van der Waals surface area (Å²) >= 11 is 0. The van der Waals surface area contributed by atoms with Gasteiger partial charge in [-0.3, -0.25) is 14.3 Å². The van der Waals surface area contributed by atoms with Gasteiger partial charge in [0.25, 0.3) is 5.56 Å². The lowest BCUT2D eigenvalue weighted by atomic mass is 9.97. The van der Waals surface area contributed by atoms with E-state index in [2.05, 4.69) is 9.88 Å². The maximum absolute atomic E-state index is 14.4. The summed E-state index contributed by atoms with van der Waals surface area (Å²) in [6, 6.07) is 5.86. The number of nitrogens with one attached hydrogen (secondary N) is 1. The second-order valence-corrected chi connectivity index (χ2v) is 5.73. The molecule has 0 saturated carbocycles. The van der Waals surface area contributed by atoms with Crippen LogP contribution in [0.1, 0.15) is 12.8 Å². The van der Waals surface area contributed by atoms with Crippen LogP contribution >= 0.6 is 0 Å². The Hall–Kier alpha value is -2.41. The molecule has 0 radical (unpaired) electrons. The normalized spacial score (nSPS) is 15.8. The van der Waals surface area contributed by atoms with Crippen molar-refractivity contribution in [2.24, 2.45) is 5.92 Å². The number of aliphatic hydroxyl groups is 1. The van der Waals surface area contributed by atoms with Gasteiger partial charge in [0.05, 0.1) is 5.69 Å². The van der Waals surface area contributed by atoms with Gasteiger partial charge < -0.3 is 10.0 Å². The van der Waals surface area contributed by atoms with Crippen molar-refractivity contribution in [2.75, 3.05) is 24.6 Å².